The fraction of sp³-hybridized carbons (Fsp3) is 0.600. The number of pyridine rings is 1. The number of rotatable bonds is 3. The van der Waals surface area contributed by atoms with E-state index < -0.39 is 11.0 Å². The lowest BCUT2D eigenvalue weighted by molar-refractivity contribution is -0.144. The van der Waals surface area contributed by atoms with Crippen LogP contribution in [0.2, 0.25) is 0 Å². The Bertz CT molecular complexity index is 533. The SMILES string of the molecule is COC[C@]1(O)CCN(C(=O)c2ccnc(N)c2)CC1(C)C. The molecule has 3 N–H and O–H groups in total. The van der Waals surface area contributed by atoms with E-state index in [1.54, 1.807) is 24.1 Å². The minimum absolute atomic E-state index is 0.0864. The van der Waals surface area contributed by atoms with Gasteiger partial charge in [-0.1, -0.05) is 13.8 Å². The van der Waals surface area contributed by atoms with Crippen molar-refractivity contribution in [2.75, 3.05) is 32.5 Å². The Hall–Kier alpha value is -1.66. The Kier molecular flexibility index (Phi) is 4.20. The molecule has 0 unspecified atom stereocenters. The number of nitrogens with two attached hydrogens (primary N) is 1. The van der Waals surface area contributed by atoms with Crippen LogP contribution in [0.15, 0.2) is 18.3 Å². The number of likely N-dealkylation sites (tertiary alicyclic amines) is 1. The fourth-order valence-electron chi connectivity index (χ4n) is 2.81. The summed E-state index contributed by atoms with van der Waals surface area (Å²) in [5.41, 5.74) is 4.78. The maximum Gasteiger partial charge on any atom is 0.254 e. The number of hydrogen-bond acceptors (Lipinski definition) is 5. The van der Waals surface area contributed by atoms with E-state index in [2.05, 4.69) is 4.98 Å². The van der Waals surface area contributed by atoms with E-state index in [9.17, 15) is 9.90 Å². The minimum atomic E-state index is -0.921. The van der Waals surface area contributed by atoms with Crippen LogP contribution in [-0.4, -0.2) is 53.3 Å². The maximum absolute atomic E-state index is 12.5. The summed E-state index contributed by atoms with van der Waals surface area (Å²) in [5.74, 6) is 0.240. The van der Waals surface area contributed by atoms with Crippen molar-refractivity contribution in [3.63, 3.8) is 0 Å². The predicted octanol–water partition coefficient (Wildman–Crippen LogP) is 0.913. The molecule has 21 heavy (non-hydrogen) atoms. The smallest absolute Gasteiger partial charge is 0.254 e. The molecule has 0 radical (unpaired) electrons. The Morgan fingerprint density at radius 2 is 2.29 bits per heavy atom. The van der Waals surface area contributed by atoms with Crippen LogP contribution >= 0.6 is 0 Å². The molecule has 1 fully saturated rings. The van der Waals surface area contributed by atoms with E-state index in [0.29, 0.717) is 30.9 Å². The van der Waals surface area contributed by atoms with Crippen LogP contribution in [0.3, 0.4) is 0 Å². The zero-order valence-electron chi connectivity index (χ0n) is 12.8. The first kappa shape index (κ1) is 15.7. The first-order valence-electron chi connectivity index (χ1n) is 7.01. The summed E-state index contributed by atoms with van der Waals surface area (Å²) in [5, 5.41) is 10.7. The van der Waals surface area contributed by atoms with Crippen LogP contribution in [0.1, 0.15) is 30.6 Å². The van der Waals surface area contributed by atoms with Gasteiger partial charge in [0.05, 0.1) is 12.2 Å². The van der Waals surface area contributed by atoms with Gasteiger partial charge in [0.1, 0.15) is 5.82 Å². The zero-order valence-corrected chi connectivity index (χ0v) is 12.8. The molecule has 0 saturated carbocycles. The molecule has 6 nitrogen and oxygen atoms in total. The average molecular weight is 293 g/mol. The van der Waals surface area contributed by atoms with E-state index in [1.807, 2.05) is 13.8 Å². The van der Waals surface area contributed by atoms with Gasteiger partial charge in [0.25, 0.3) is 5.91 Å². The summed E-state index contributed by atoms with van der Waals surface area (Å²) in [6, 6.07) is 3.23. The van der Waals surface area contributed by atoms with E-state index in [1.165, 1.54) is 6.20 Å². The highest BCUT2D eigenvalue weighted by atomic mass is 16.5. The summed E-state index contributed by atoms with van der Waals surface area (Å²) >= 11 is 0. The van der Waals surface area contributed by atoms with Crippen LogP contribution < -0.4 is 5.73 Å². The van der Waals surface area contributed by atoms with Gasteiger partial charge in [-0.2, -0.15) is 0 Å². The van der Waals surface area contributed by atoms with Crippen molar-refractivity contribution >= 4 is 11.7 Å². The molecule has 1 aromatic heterocycles. The number of aliphatic hydroxyl groups is 1. The van der Waals surface area contributed by atoms with Gasteiger partial charge < -0.3 is 20.5 Å². The first-order chi connectivity index (χ1) is 9.79. The van der Waals surface area contributed by atoms with Crippen LogP contribution in [-0.2, 0) is 4.74 Å². The van der Waals surface area contributed by atoms with Gasteiger partial charge in [-0.3, -0.25) is 4.79 Å². The van der Waals surface area contributed by atoms with Crippen molar-refractivity contribution in [2.45, 2.75) is 25.9 Å². The molecule has 116 valence electrons. The Balaban J connectivity index is 2.16. The molecule has 6 heteroatoms. The third kappa shape index (κ3) is 3.01. The molecule has 2 heterocycles. The molecular weight excluding hydrogens is 270 g/mol. The average Bonchev–Trinajstić information content (AvgIpc) is 2.41. The molecule has 0 aromatic carbocycles. The highest BCUT2D eigenvalue weighted by Crippen LogP contribution is 2.39. The standard InChI is InChI=1S/C15H23N3O3/c1-14(2)9-18(7-5-15(14,20)10-21-3)13(19)11-4-6-17-12(16)8-11/h4,6,8,20H,5,7,9-10H2,1-3H3,(H2,16,17)/t15-/m1/s1. The lowest BCUT2D eigenvalue weighted by atomic mass is 9.70. The second-order valence-electron chi connectivity index (χ2n) is 6.29. The second kappa shape index (κ2) is 5.61. The third-order valence-corrected chi connectivity index (χ3v) is 4.34. The maximum atomic E-state index is 12.5. The van der Waals surface area contributed by atoms with Crippen molar-refractivity contribution in [3.05, 3.63) is 23.9 Å². The van der Waals surface area contributed by atoms with Gasteiger partial charge in [0.2, 0.25) is 0 Å². The zero-order chi connectivity index (χ0) is 15.7. The lowest BCUT2D eigenvalue weighted by Gasteiger charge is -2.49. The fourth-order valence-corrected chi connectivity index (χ4v) is 2.81. The van der Waals surface area contributed by atoms with Gasteiger partial charge >= 0.3 is 0 Å². The van der Waals surface area contributed by atoms with Crippen LogP contribution in [0.25, 0.3) is 0 Å². The number of piperidine rings is 1. The Morgan fingerprint density at radius 3 is 2.86 bits per heavy atom. The first-order valence-corrected chi connectivity index (χ1v) is 7.01. The molecular formula is C15H23N3O3. The number of carbonyl (C=O) groups is 1. The summed E-state index contributed by atoms with van der Waals surface area (Å²) < 4.78 is 5.14. The minimum Gasteiger partial charge on any atom is -0.387 e. The van der Waals surface area contributed by atoms with Crippen molar-refractivity contribution < 1.29 is 14.6 Å². The topological polar surface area (TPSA) is 88.7 Å². The van der Waals surface area contributed by atoms with Crippen LogP contribution in [0, 0.1) is 5.41 Å². The van der Waals surface area contributed by atoms with Crippen molar-refractivity contribution in [2.24, 2.45) is 5.41 Å². The van der Waals surface area contributed by atoms with E-state index in [4.69, 9.17) is 10.5 Å². The number of hydrogen-bond donors (Lipinski definition) is 2. The number of aromatic nitrogens is 1. The van der Waals surface area contributed by atoms with Gasteiger partial charge in [-0.15, -0.1) is 0 Å². The predicted molar refractivity (Wildman–Crippen MR) is 79.8 cm³/mol. The number of nitrogens with zero attached hydrogens (tertiary/aromatic N) is 2. The number of methoxy groups -OCH3 is 1. The highest BCUT2D eigenvalue weighted by molar-refractivity contribution is 5.94. The van der Waals surface area contributed by atoms with E-state index in [-0.39, 0.29) is 12.5 Å². The Labute approximate surface area is 124 Å². The number of nitrogen functional groups attached to an aromatic ring is 1. The highest BCUT2D eigenvalue weighted by Gasteiger charge is 2.48. The monoisotopic (exact) mass is 293 g/mol. The van der Waals surface area contributed by atoms with Crippen LogP contribution in [0.5, 0.6) is 0 Å². The van der Waals surface area contributed by atoms with E-state index >= 15 is 0 Å². The lowest BCUT2D eigenvalue weighted by Crippen LogP contribution is -2.60. The number of carbonyl (C=O) groups excluding carboxylic acids is 1. The van der Waals surface area contributed by atoms with Crippen molar-refractivity contribution in [3.8, 4) is 0 Å². The summed E-state index contributed by atoms with van der Waals surface area (Å²) in [6.07, 6.45) is 2.01. The number of ether oxygens (including phenoxy) is 1. The molecule has 1 atom stereocenters. The molecule has 1 amide bonds. The molecule has 0 spiro atoms. The molecule has 1 aliphatic rings. The summed E-state index contributed by atoms with van der Waals surface area (Å²) in [7, 11) is 1.57. The van der Waals surface area contributed by atoms with Gasteiger partial charge in [0, 0.05) is 37.4 Å². The van der Waals surface area contributed by atoms with Crippen LogP contribution in [0.4, 0.5) is 5.82 Å². The number of anilines is 1. The largest absolute Gasteiger partial charge is 0.387 e. The van der Waals surface area contributed by atoms with Gasteiger partial charge in [-0.05, 0) is 18.6 Å². The molecule has 1 saturated heterocycles. The van der Waals surface area contributed by atoms with Gasteiger partial charge in [0.15, 0.2) is 0 Å². The normalized spacial score (nSPS) is 24.9. The number of amides is 1. The molecule has 1 aromatic rings. The third-order valence-electron chi connectivity index (χ3n) is 4.34. The van der Waals surface area contributed by atoms with Crippen molar-refractivity contribution in [1.82, 2.24) is 9.88 Å². The molecule has 0 bridgehead atoms. The molecule has 1 aliphatic heterocycles. The van der Waals surface area contributed by atoms with Gasteiger partial charge in [-0.25, -0.2) is 4.98 Å². The Morgan fingerprint density at radius 1 is 1.57 bits per heavy atom. The van der Waals surface area contributed by atoms with E-state index in [0.717, 1.165) is 0 Å². The summed E-state index contributed by atoms with van der Waals surface area (Å²) in [6.45, 7) is 5.13. The molecule has 0 aliphatic carbocycles. The molecule has 2 rings (SSSR count). The summed E-state index contributed by atoms with van der Waals surface area (Å²) in [4.78, 5) is 18.2. The second-order valence-corrected chi connectivity index (χ2v) is 6.29. The van der Waals surface area contributed by atoms with Crippen molar-refractivity contribution in [1.29, 1.82) is 0 Å². The quantitative estimate of drug-likeness (QED) is 0.865.